The van der Waals surface area contributed by atoms with E-state index in [1.807, 2.05) is 0 Å². The van der Waals surface area contributed by atoms with Crippen LogP contribution in [0.15, 0.2) is 0 Å². The first kappa shape index (κ1) is 16.7. The Morgan fingerprint density at radius 2 is 1.50 bits per heavy atom. The third kappa shape index (κ3) is 9.00. The summed E-state index contributed by atoms with van der Waals surface area (Å²) in [7, 11) is 3.71. The van der Waals surface area contributed by atoms with E-state index in [0.717, 1.165) is 0 Å². The summed E-state index contributed by atoms with van der Waals surface area (Å²) in [5, 5.41) is 0. The summed E-state index contributed by atoms with van der Waals surface area (Å²) in [5.74, 6) is 0. The summed E-state index contributed by atoms with van der Waals surface area (Å²) in [6.07, 6.45) is 0. The van der Waals surface area contributed by atoms with E-state index in [1.54, 1.807) is 0 Å². The molecule has 0 N–H and O–H groups in total. The van der Waals surface area contributed by atoms with Gasteiger partial charge in [-0.25, -0.2) is 0 Å². The van der Waals surface area contributed by atoms with Crippen molar-refractivity contribution in [2.24, 2.45) is 0 Å². The Morgan fingerprint density at radius 3 is 1.50 bits per heavy atom. The van der Waals surface area contributed by atoms with Crippen LogP contribution in [0.1, 0.15) is 2.85 Å². The van der Waals surface area contributed by atoms with Crippen LogP contribution in [0.3, 0.4) is 0 Å². The molecule has 0 rings (SSSR count). The van der Waals surface area contributed by atoms with Crippen LogP contribution in [0, 0.1) is 0 Å². The van der Waals surface area contributed by atoms with Crippen LogP contribution in [0.25, 0.3) is 0 Å². The van der Waals surface area contributed by atoms with Crippen LogP contribution in [0.4, 0.5) is 0 Å². The van der Waals surface area contributed by atoms with E-state index in [9.17, 15) is 0 Å². The van der Waals surface area contributed by atoms with Gasteiger partial charge >= 0.3 is 47.6 Å². The van der Waals surface area contributed by atoms with Crippen molar-refractivity contribution in [2.45, 2.75) is 0 Å². The van der Waals surface area contributed by atoms with Gasteiger partial charge in [0.15, 0.2) is 0 Å². The molecule has 0 aromatic heterocycles. The van der Waals surface area contributed by atoms with E-state index in [-0.39, 0.29) is 43.0 Å². The molecule has 0 aliphatic heterocycles. The molecule has 0 aromatic rings. The standard InChI is InChI=1S/Cu.Mg.Ni.S.2H/q;+2;;;2*-1. The molecule has 0 aromatic carbocycles. The molecule has 4 heavy (non-hydrogen) atoms. The third-order valence-electron chi connectivity index (χ3n) is 0. The van der Waals surface area contributed by atoms with Crippen molar-refractivity contribution >= 4 is 33.7 Å². The van der Waals surface area contributed by atoms with Crippen molar-refractivity contribution in [3.05, 3.63) is 0 Å². The fourth-order valence-electron chi connectivity index (χ4n) is 0. The maximum absolute atomic E-state index is 3.71. The number of rotatable bonds is 0. The first-order valence-corrected chi connectivity index (χ1v) is 1.60. The van der Waals surface area contributed by atoms with Crippen molar-refractivity contribution < 1.29 is 33.8 Å². The van der Waals surface area contributed by atoms with Crippen LogP contribution >= 0.6 is 10.7 Å². The number of hydrogen-bond acceptors (Lipinski definition) is 1. The zero-order valence-electron chi connectivity index (χ0n) is 3.73. The molecule has 0 saturated heterocycles. The molecule has 0 fully saturated rings. The van der Waals surface area contributed by atoms with Gasteiger partial charge in [0.1, 0.15) is 0 Å². The average molecular weight is 181 g/mol. The fraction of sp³-hybridized carbons (Fsp3) is 0. The zero-order valence-corrected chi connectivity index (χ0v) is 5.89. The van der Waals surface area contributed by atoms with Crippen molar-refractivity contribution in [2.75, 3.05) is 0 Å². The second-order valence-electron chi connectivity index (χ2n) is 0. The van der Waals surface area contributed by atoms with E-state index < -0.39 is 0 Å². The summed E-state index contributed by atoms with van der Waals surface area (Å²) in [4.78, 5) is 0. The van der Waals surface area contributed by atoms with E-state index in [0.29, 0.717) is 0 Å². The predicted molar refractivity (Wildman–Crippen MR) is 15.6 cm³/mol. The Bertz CT molecular complexity index is 13.5. The van der Waals surface area contributed by atoms with E-state index in [2.05, 4.69) is 24.5 Å². The molecule has 0 aliphatic carbocycles. The van der Waals surface area contributed by atoms with Crippen LogP contribution in [-0.4, -0.2) is 23.1 Å². The van der Waals surface area contributed by atoms with Gasteiger partial charge < -0.3 is 2.85 Å². The average Bonchev–Trinajstić information content (AvgIpc) is 1.00. The Morgan fingerprint density at radius 1 is 1.50 bits per heavy atom. The minimum absolute atomic E-state index is 0. The van der Waals surface area contributed by atoms with Crippen molar-refractivity contribution in [1.29, 1.82) is 0 Å². The van der Waals surface area contributed by atoms with E-state index >= 15 is 0 Å². The Kier molecular flexibility index (Phi) is 83.4. The third-order valence-corrected chi connectivity index (χ3v) is 0. The van der Waals surface area contributed by atoms with Gasteiger partial charge in [0.05, 0.1) is 0 Å². The van der Waals surface area contributed by atoms with Crippen LogP contribution in [0.5, 0.6) is 0 Å². The molecule has 0 saturated carbocycles. The normalized spacial score (nSPS) is 1.50. The quantitative estimate of drug-likeness (QED) is 0.489. The molecule has 0 atom stereocenters. The first-order valence-electron chi connectivity index (χ1n) is 0.129. The van der Waals surface area contributed by atoms with Gasteiger partial charge in [-0.05, 0) is 0 Å². The molecule has 0 nitrogen and oxygen atoms in total. The molecule has 1 radical (unpaired) electrons. The van der Waals surface area contributed by atoms with E-state index in [4.69, 9.17) is 0 Å². The second kappa shape index (κ2) is 20.0. The van der Waals surface area contributed by atoms with Crippen LogP contribution < -0.4 is 0 Å². The van der Waals surface area contributed by atoms with Gasteiger partial charge in [-0.15, -0.1) is 0 Å². The SMILES string of the molecule is [Cu].[H-].[H-].[Mg+2].[S]=[Ni]. The van der Waals surface area contributed by atoms with Gasteiger partial charge in [0.2, 0.25) is 0 Å². The molecular formula is H2CuMgNiS. The minimum atomic E-state index is 0. The van der Waals surface area contributed by atoms with Crippen molar-refractivity contribution in [3.63, 3.8) is 0 Å². The van der Waals surface area contributed by atoms with Crippen molar-refractivity contribution in [1.82, 2.24) is 0 Å². The number of hydrogen-bond donors (Lipinski definition) is 0. The van der Waals surface area contributed by atoms with Gasteiger partial charge in [-0.1, -0.05) is 0 Å². The summed E-state index contributed by atoms with van der Waals surface area (Å²) in [6.45, 7) is 0. The Labute approximate surface area is 67.0 Å². The zero-order chi connectivity index (χ0) is 2.00. The molecule has 0 amide bonds. The molecule has 4 heteroatoms. The van der Waals surface area contributed by atoms with E-state index in [1.165, 1.54) is 0 Å². The molecular weight excluding hydrogens is 179 g/mol. The Balaban J connectivity index is -0.000000000833. The van der Waals surface area contributed by atoms with Gasteiger partial charge in [0.25, 0.3) is 0 Å². The molecule has 0 heterocycles. The molecule has 0 spiro atoms. The predicted octanol–water partition coefficient (Wildman–Crippen LogP) is 0.487. The van der Waals surface area contributed by atoms with Crippen LogP contribution in [-0.2, 0) is 30.9 Å². The summed E-state index contributed by atoms with van der Waals surface area (Å²) < 4.78 is 0. The Hall–Kier alpha value is 2.00. The van der Waals surface area contributed by atoms with Crippen LogP contribution in [0.2, 0.25) is 0 Å². The summed E-state index contributed by atoms with van der Waals surface area (Å²) >= 11 is 3.46. The van der Waals surface area contributed by atoms with Crippen molar-refractivity contribution in [3.8, 4) is 0 Å². The molecule has 31 valence electrons. The monoisotopic (exact) mass is 179 g/mol. The molecule has 0 aliphatic rings. The second-order valence-corrected chi connectivity index (χ2v) is 0. The maximum atomic E-state index is 3.71. The summed E-state index contributed by atoms with van der Waals surface area (Å²) in [5.41, 5.74) is 0. The molecule has 0 unspecified atom stereocenters. The topological polar surface area (TPSA) is 0 Å². The first-order chi connectivity index (χ1) is 1.00. The molecule has 0 bridgehead atoms. The van der Waals surface area contributed by atoms with Gasteiger partial charge in [-0.3, -0.25) is 0 Å². The van der Waals surface area contributed by atoms with Gasteiger partial charge in [-0.2, -0.15) is 0 Å². The van der Waals surface area contributed by atoms with Gasteiger partial charge in [0, 0.05) is 17.1 Å². The summed E-state index contributed by atoms with van der Waals surface area (Å²) in [6, 6.07) is 0. The fourth-order valence-corrected chi connectivity index (χ4v) is 0.